The molecule has 18 heavy (non-hydrogen) atoms. The van der Waals surface area contributed by atoms with Crippen LogP contribution in [0, 0.1) is 0 Å². The van der Waals surface area contributed by atoms with Crippen LogP contribution in [0.2, 0.25) is 0 Å². The van der Waals surface area contributed by atoms with E-state index in [9.17, 15) is 4.79 Å². The molecule has 1 N–H and O–H groups in total. The number of rotatable bonds is 4. The van der Waals surface area contributed by atoms with E-state index in [1.165, 1.54) is 11.3 Å². The molecule has 0 radical (unpaired) electrons. The number of aromatic nitrogens is 3. The van der Waals surface area contributed by atoms with E-state index in [-0.39, 0.29) is 11.9 Å². The van der Waals surface area contributed by atoms with Gasteiger partial charge in [0.2, 0.25) is 0 Å². The van der Waals surface area contributed by atoms with Crippen molar-refractivity contribution in [1.29, 1.82) is 0 Å². The van der Waals surface area contributed by atoms with Crippen LogP contribution in [0.15, 0.2) is 23.8 Å². The fraction of sp³-hybridized carbons (Fsp3) is 0.417. The Morgan fingerprint density at radius 1 is 1.44 bits per heavy atom. The van der Waals surface area contributed by atoms with Gasteiger partial charge in [-0.15, -0.1) is 11.3 Å². The quantitative estimate of drug-likeness (QED) is 0.923. The van der Waals surface area contributed by atoms with Crippen molar-refractivity contribution < 1.29 is 4.79 Å². The molecular weight excluding hydrogens is 248 g/mol. The molecule has 0 aliphatic heterocycles. The third kappa shape index (κ3) is 2.76. The minimum Gasteiger partial charge on any atom is -0.300 e. The van der Waals surface area contributed by atoms with E-state index >= 15 is 0 Å². The molecule has 2 aromatic rings. The van der Waals surface area contributed by atoms with Gasteiger partial charge in [-0.25, -0.2) is 4.98 Å². The Morgan fingerprint density at radius 3 is 2.78 bits per heavy atom. The van der Waals surface area contributed by atoms with E-state index in [1.807, 2.05) is 5.38 Å². The van der Waals surface area contributed by atoms with Crippen LogP contribution in [-0.2, 0) is 4.79 Å². The summed E-state index contributed by atoms with van der Waals surface area (Å²) in [7, 11) is 0. The van der Waals surface area contributed by atoms with E-state index in [0.29, 0.717) is 11.0 Å². The predicted octanol–water partition coefficient (Wildman–Crippen LogP) is 2.66. The topological polar surface area (TPSA) is 59.8 Å². The summed E-state index contributed by atoms with van der Waals surface area (Å²) >= 11 is 1.45. The number of hydrogen-bond donors (Lipinski definition) is 1. The maximum atomic E-state index is 12.0. The molecule has 2 aromatic heterocycles. The molecule has 0 saturated carbocycles. The fourth-order valence-electron chi connectivity index (χ4n) is 1.45. The molecule has 96 valence electrons. The maximum Gasteiger partial charge on any atom is 0.250 e. The highest BCUT2D eigenvalue weighted by Gasteiger charge is 2.16. The summed E-state index contributed by atoms with van der Waals surface area (Å²) in [6, 6.07) is 1.45. The molecule has 0 spiro atoms. The number of carbonyl (C=O) groups is 1. The van der Waals surface area contributed by atoms with Crippen molar-refractivity contribution in [2.75, 3.05) is 5.32 Å². The van der Waals surface area contributed by atoms with Crippen LogP contribution < -0.4 is 5.32 Å². The SMILES string of the molecule is CC(C)c1csc(NC(=O)[C@@H](C)n2cccn2)n1. The molecule has 0 aromatic carbocycles. The molecule has 2 rings (SSSR count). The first kappa shape index (κ1) is 12.8. The van der Waals surface area contributed by atoms with Crippen LogP contribution in [0.5, 0.6) is 0 Å². The largest absolute Gasteiger partial charge is 0.300 e. The standard InChI is InChI=1S/C12H16N4OS/c1-8(2)10-7-18-12(14-10)15-11(17)9(3)16-6-4-5-13-16/h4-9H,1-3H3,(H,14,15,17)/t9-/m1/s1. The minimum atomic E-state index is -0.341. The van der Waals surface area contributed by atoms with Crippen molar-refractivity contribution in [1.82, 2.24) is 14.8 Å². The van der Waals surface area contributed by atoms with Crippen LogP contribution in [0.4, 0.5) is 5.13 Å². The van der Waals surface area contributed by atoms with Crippen molar-refractivity contribution in [3.63, 3.8) is 0 Å². The Kier molecular flexibility index (Phi) is 3.76. The average Bonchev–Trinajstić information content (AvgIpc) is 2.98. The first-order valence-corrected chi connectivity index (χ1v) is 6.71. The summed E-state index contributed by atoms with van der Waals surface area (Å²) < 4.78 is 1.62. The lowest BCUT2D eigenvalue weighted by molar-refractivity contribution is -0.119. The van der Waals surface area contributed by atoms with Gasteiger partial charge < -0.3 is 5.32 Å². The Morgan fingerprint density at radius 2 is 2.22 bits per heavy atom. The lowest BCUT2D eigenvalue weighted by atomic mass is 10.2. The van der Waals surface area contributed by atoms with Gasteiger partial charge in [0.05, 0.1) is 5.69 Å². The molecule has 0 bridgehead atoms. The van der Waals surface area contributed by atoms with Crippen molar-refractivity contribution in [2.24, 2.45) is 0 Å². The first-order chi connectivity index (χ1) is 8.58. The second-order valence-electron chi connectivity index (χ2n) is 4.38. The zero-order chi connectivity index (χ0) is 13.1. The van der Waals surface area contributed by atoms with Gasteiger partial charge in [0, 0.05) is 17.8 Å². The van der Waals surface area contributed by atoms with Crippen LogP contribution >= 0.6 is 11.3 Å². The Labute approximate surface area is 110 Å². The van der Waals surface area contributed by atoms with Crippen molar-refractivity contribution in [3.8, 4) is 0 Å². The molecule has 0 aliphatic carbocycles. The van der Waals surface area contributed by atoms with Crippen LogP contribution in [0.25, 0.3) is 0 Å². The number of nitrogens with zero attached hydrogens (tertiary/aromatic N) is 3. The molecule has 0 aliphatic rings. The van der Waals surface area contributed by atoms with Crippen LogP contribution in [0.1, 0.15) is 38.4 Å². The summed E-state index contributed by atoms with van der Waals surface area (Å²) in [6.07, 6.45) is 3.43. The lowest BCUT2D eigenvalue weighted by Crippen LogP contribution is -2.23. The van der Waals surface area contributed by atoms with E-state index in [1.54, 1.807) is 30.1 Å². The number of carbonyl (C=O) groups excluding carboxylic acids is 1. The second kappa shape index (κ2) is 5.30. The third-order valence-electron chi connectivity index (χ3n) is 2.64. The summed E-state index contributed by atoms with van der Waals surface area (Å²) in [5.74, 6) is 0.263. The van der Waals surface area contributed by atoms with Crippen molar-refractivity contribution >= 4 is 22.4 Å². The van der Waals surface area contributed by atoms with Crippen LogP contribution in [0.3, 0.4) is 0 Å². The zero-order valence-corrected chi connectivity index (χ0v) is 11.4. The average molecular weight is 264 g/mol. The van der Waals surface area contributed by atoms with Crippen molar-refractivity contribution in [3.05, 3.63) is 29.5 Å². The lowest BCUT2D eigenvalue weighted by Gasteiger charge is -2.10. The normalized spacial score (nSPS) is 12.7. The summed E-state index contributed by atoms with van der Waals surface area (Å²) in [6.45, 7) is 5.96. The summed E-state index contributed by atoms with van der Waals surface area (Å²) in [5.41, 5.74) is 1.00. The number of thiazole rings is 1. The summed E-state index contributed by atoms with van der Waals surface area (Å²) in [4.78, 5) is 16.4. The number of nitrogens with one attached hydrogen (secondary N) is 1. The maximum absolute atomic E-state index is 12.0. The van der Waals surface area contributed by atoms with Gasteiger partial charge in [-0.3, -0.25) is 9.48 Å². The van der Waals surface area contributed by atoms with Gasteiger partial charge in [-0.2, -0.15) is 5.10 Å². The third-order valence-corrected chi connectivity index (χ3v) is 3.42. The van der Waals surface area contributed by atoms with Gasteiger partial charge in [-0.05, 0) is 18.9 Å². The first-order valence-electron chi connectivity index (χ1n) is 5.83. The van der Waals surface area contributed by atoms with Gasteiger partial charge >= 0.3 is 0 Å². The molecule has 0 fully saturated rings. The predicted molar refractivity (Wildman–Crippen MR) is 71.8 cm³/mol. The molecule has 6 heteroatoms. The monoisotopic (exact) mass is 264 g/mol. The highest BCUT2D eigenvalue weighted by molar-refractivity contribution is 7.13. The Hall–Kier alpha value is -1.69. The highest BCUT2D eigenvalue weighted by Crippen LogP contribution is 2.22. The number of anilines is 1. The van der Waals surface area contributed by atoms with E-state index in [4.69, 9.17) is 0 Å². The Bertz CT molecular complexity index is 518. The van der Waals surface area contributed by atoms with E-state index in [0.717, 1.165) is 5.69 Å². The molecule has 1 atom stereocenters. The smallest absolute Gasteiger partial charge is 0.250 e. The van der Waals surface area contributed by atoms with Crippen molar-refractivity contribution in [2.45, 2.75) is 32.7 Å². The number of amides is 1. The molecule has 0 saturated heterocycles. The number of hydrogen-bond acceptors (Lipinski definition) is 4. The molecule has 1 amide bonds. The fourth-order valence-corrected chi connectivity index (χ4v) is 2.32. The van der Waals surface area contributed by atoms with E-state index < -0.39 is 0 Å². The van der Waals surface area contributed by atoms with E-state index in [2.05, 4.69) is 29.2 Å². The van der Waals surface area contributed by atoms with Crippen LogP contribution in [-0.4, -0.2) is 20.7 Å². The highest BCUT2D eigenvalue weighted by atomic mass is 32.1. The summed E-state index contributed by atoms with van der Waals surface area (Å²) in [5, 5.41) is 9.48. The van der Waals surface area contributed by atoms with Gasteiger partial charge in [-0.1, -0.05) is 13.8 Å². The molecular formula is C12H16N4OS. The molecule has 0 unspecified atom stereocenters. The molecule has 5 nitrogen and oxygen atoms in total. The minimum absolute atomic E-state index is 0.108. The van der Waals surface area contributed by atoms with Gasteiger partial charge in [0.25, 0.3) is 5.91 Å². The molecule has 2 heterocycles. The van der Waals surface area contributed by atoms with Gasteiger partial charge in [0.1, 0.15) is 6.04 Å². The second-order valence-corrected chi connectivity index (χ2v) is 5.24. The Balaban J connectivity index is 2.02. The van der Waals surface area contributed by atoms with Gasteiger partial charge in [0.15, 0.2) is 5.13 Å². The zero-order valence-electron chi connectivity index (χ0n) is 10.6.